The fourth-order valence-corrected chi connectivity index (χ4v) is 3.54. The standard InChI is InChI=1S/C13H25N3O3S/c1-20(18,19)15-9-11-4-3-7-16(10-11)13(17)8-12-5-2-6-14-12/h11-12,14-15H,2-10H2,1H3. The average Bonchev–Trinajstić information content (AvgIpc) is 2.89. The molecular weight excluding hydrogens is 278 g/mol. The maximum Gasteiger partial charge on any atom is 0.224 e. The number of carbonyl (C=O) groups excluding carboxylic acids is 1. The highest BCUT2D eigenvalue weighted by molar-refractivity contribution is 7.88. The summed E-state index contributed by atoms with van der Waals surface area (Å²) >= 11 is 0. The molecule has 2 unspecified atom stereocenters. The summed E-state index contributed by atoms with van der Waals surface area (Å²) < 4.78 is 24.8. The molecule has 2 fully saturated rings. The van der Waals surface area contributed by atoms with Gasteiger partial charge in [0.25, 0.3) is 0 Å². The molecule has 0 aromatic heterocycles. The molecule has 2 heterocycles. The normalized spacial score (nSPS) is 27.8. The van der Waals surface area contributed by atoms with Gasteiger partial charge in [0.1, 0.15) is 0 Å². The quantitative estimate of drug-likeness (QED) is 0.744. The van der Waals surface area contributed by atoms with Gasteiger partial charge in [0, 0.05) is 32.1 Å². The summed E-state index contributed by atoms with van der Waals surface area (Å²) in [6.07, 6.45) is 5.92. The van der Waals surface area contributed by atoms with Gasteiger partial charge in [-0.05, 0) is 38.1 Å². The van der Waals surface area contributed by atoms with E-state index >= 15 is 0 Å². The summed E-state index contributed by atoms with van der Waals surface area (Å²) in [5, 5.41) is 3.34. The molecular formula is C13H25N3O3S. The van der Waals surface area contributed by atoms with Crippen LogP contribution in [0.4, 0.5) is 0 Å². The van der Waals surface area contributed by atoms with Crippen molar-refractivity contribution >= 4 is 15.9 Å². The van der Waals surface area contributed by atoms with E-state index in [4.69, 9.17) is 0 Å². The molecule has 2 aliphatic heterocycles. The Balaban J connectivity index is 1.78. The predicted molar refractivity (Wildman–Crippen MR) is 77.8 cm³/mol. The number of hydrogen-bond donors (Lipinski definition) is 2. The minimum absolute atomic E-state index is 0.202. The number of carbonyl (C=O) groups is 1. The Morgan fingerprint density at radius 1 is 1.35 bits per heavy atom. The molecule has 0 aromatic carbocycles. The molecule has 2 N–H and O–H groups in total. The number of hydrogen-bond acceptors (Lipinski definition) is 4. The van der Waals surface area contributed by atoms with E-state index in [1.54, 1.807) is 0 Å². The molecule has 1 amide bonds. The van der Waals surface area contributed by atoms with Crippen molar-refractivity contribution < 1.29 is 13.2 Å². The van der Waals surface area contributed by atoms with Gasteiger partial charge in [-0.1, -0.05) is 0 Å². The third kappa shape index (κ3) is 5.03. The zero-order valence-electron chi connectivity index (χ0n) is 12.1. The van der Waals surface area contributed by atoms with Crippen LogP contribution in [0.2, 0.25) is 0 Å². The third-order valence-corrected chi connectivity index (χ3v) is 4.78. The van der Waals surface area contributed by atoms with Crippen LogP contribution in [0, 0.1) is 5.92 Å². The highest BCUT2D eigenvalue weighted by Crippen LogP contribution is 2.18. The number of sulfonamides is 1. The number of amides is 1. The van der Waals surface area contributed by atoms with Gasteiger partial charge in [-0.25, -0.2) is 13.1 Å². The fourth-order valence-electron chi connectivity index (χ4n) is 3.00. The summed E-state index contributed by atoms with van der Waals surface area (Å²) in [6, 6.07) is 0.331. The summed E-state index contributed by atoms with van der Waals surface area (Å²) in [5.74, 6) is 0.437. The molecule has 2 saturated heterocycles. The maximum absolute atomic E-state index is 12.2. The summed E-state index contributed by atoms with van der Waals surface area (Å²) in [4.78, 5) is 14.1. The molecule has 7 heteroatoms. The summed E-state index contributed by atoms with van der Waals surface area (Å²) in [7, 11) is -3.14. The van der Waals surface area contributed by atoms with E-state index in [2.05, 4.69) is 10.0 Å². The maximum atomic E-state index is 12.2. The van der Waals surface area contributed by atoms with E-state index in [1.165, 1.54) is 6.26 Å². The van der Waals surface area contributed by atoms with Crippen LogP contribution in [0.25, 0.3) is 0 Å². The molecule has 0 bridgehead atoms. The van der Waals surface area contributed by atoms with E-state index in [-0.39, 0.29) is 11.8 Å². The molecule has 116 valence electrons. The van der Waals surface area contributed by atoms with E-state index in [0.717, 1.165) is 38.8 Å². The highest BCUT2D eigenvalue weighted by atomic mass is 32.2. The van der Waals surface area contributed by atoms with Crippen LogP contribution in [-0.2, 0) is 14.8 Å². The average molecular weight is 303 g/mol. The van der Waals surface area contributed by atoms with Gasteiger partial charge in [-0.3, -0.25) is 4.79 Å². The van der Waals surface area contributed by atoms with E-state index in [9.17, 15) is 13.2 Å². The van der Waals surface area contributed by atoms with Crippen molar-refractivity contribution in [2.45, 2.75) is 38.1 Å². The largest absolute Gasteiger partial charge is 0.342 e. The van der Waals surface area contributed by atoms with Crippen molar-refractivity contribution in [3.05, 3.63) is 0 Å². The molecule has 20 heavy (non-hydrogen) atoms. The fraction of sp³-hybridized carbons (Fsp3) is 0.923. The molecule has 6 nitrogen and oxygen atoms in total. The van der Waals surface area contributed by atoms with Crippen LogP contribution in [0.5, 0.6) is 0 Å². The molecule has 0 aliphatic carbocycles. The number of rotatable bonds is 5. The van der Waals surface area contributed by atoms with Crippen molar-refractivity contribution in [3.63, 3.8) is 0 Å². The molecule has 0 radical (unpaired) electrons. The lowest BCUT2D eigenvalue weighted by Gasteiger charge is -2.33. The number of nitrogens with one attached hydrogen (secondary N) is 2. The topological polar surface area (TPSA) is 78.5 Å². The van der Waals surface area contributed by atoms with Gasteiger partial charge >= 0.3 is 0 Å². The van der Waals surface area contributed by atoms with Crippen molar-refractivity contribution in [2.24, 2.45) is 5.92 Å². The lowest BCUT2D eigenvalue weighted by molar-refractivity contribution is -0.133. The Labute approximate surface area is 121 Å². The SMILES string of the molecule is CS(=O)(=O)NCC1CCCN(C(=O)CC2CCCN2)C1. The molecule has 2 rings (SSSR count). The van der Waals surface area contributed by atoms with Gasteiger partial charge in [0.15, 0.2) is 0 Å². The van der Waals surface area contributed by atoms with Gasteiger partial charge in [-0.2, -0.15) is 0 Å². The van der Waals surface area contributed by atoms with Crippen molar-refractivity contribution in [1.29, 1.82) is 0 Å². The van der Waals surface area contributed by atoms with E-state index in [0.29, 0.717) is 25.6 Å². The first-order valence-corrected chi connectivity index (χ1v) is 9.29. The van der Waals surface area contributed by atoms with E-state index < -0.39 is 10.0 Å². The van der Waals surface area contributed by atoms with Crippen LogP contribution in [0.15, 0.2) is 0 Å². The van der Waals surface area contributed by atoms with Gasteiger partial charge in [-0.15, -0.1) is 0 Å². The number of likely N-dealkylation sites (tertiary alicyclic amines) is 1. The van der Waals surface area contributed by atoms with Gasteiger partial charge in [0.2, 0.25) is 15.9 Å². The number of nitrogens with zero attached hydrogens (tertiary/aromatic N) is 1. The second kappa shape index (κ2) is 6.87. The van der Waals surface area contributed by atoms with Crippen LogP contribution in [0.3, 0.4) is 0 Å². The zero-order valence-corrected chi connectivity index (χ0v) is 12.9. The molecule has 0 aromatic rings. The molecule has 0 saturated carbocycles. The van der Waals surface area contributed by atoms with Crippen LogP contribution >= 0.6 is 0 Å². The Morgan fingerprint density at radius 2 is 2.15 bits per heavy atom. The van der Waals surface area contributed by atoms with Crippen LogP contribution < -0.4 is 10.0 Å². The molecule has 2 atom stereocenters. The highest BCUT2D eigenvalue weighted by Gasteiger charge is 2.26. The van der Waals surface area contributed by atoms with Gasteiger partial charge < -0.3 is 10.2 Å². The van der Waals surface area contributed by atoms with E-state index in [1.807, 2.05) is 4.90 Å². The third-order valence-electron chi connectivity index (χ3n) is 4.09. The lowest BCUT2D eigenvalue weighted by Crippen LogP contribution is -2.45. The van der Waals surface area contributed by atoms with Crippen LogP contribution in [-0.4, -0.2) is 57.7 Å². The second-order valence-corrected chi connectivity index (χ2v) is 7.80. The Bertz CT molecular complexity index is 432. The Hall–Kier alpha value is -0.660. The molecule has 2 aliphatic rings. The Morgan fingerprint density at radius 3 is 2.80 bits per heavy atom. The molecule has 0 spiro atoms. The monoisotopic (exact) mass is 303 g/mol. The zero-order chi connectivity index (χ0) is 14.6. The lowest BCUT2D eigenvalue weighted by atomic mass is 9.97. The van der Waals surface area contributed by atoms with Crippen molar-refractivity contribution in [1.82, 2.24) is 14.9 Å². The smallest absolute Gasteiger partial charge is 0.224 e. The van der Waals surface area contributed by atoms with Crippen molar-refractivity contribution in [2.75, 3.05) is 32.4 Å². The van der Waals surface area contributed by atoms with Crippen LogP contribution in [0.1, 0.15) is 32.1 Å². The second-order valence-electron chi connectivity index (χ2n) is 5.97. The number of piperidine rings is 1. The summed E-state index contributed by atoms with van der Waals surface area (Å²) in [5.41, 5.74) is 0. The first-order chi connectivity index (χ1) is 9.44. The van der Waals surface area contributed by atoms with Gasteiger partial charge in [0.05, 0.1) is 6.26 Å². The summed E-state index contributed by atoms with van der Waals surface area (Å²) in [6.45, 7) is 2.93. The Kier molecular flexibility index (Phi) is 5.40. The van der Waals surface area contributed by atoms with Crippen molar-refractivity contribution in [3.8, 4) is 0 Å². The minimum Gasteiger partial charge on any atom is -0.342 e. The predicted octanol–water partition coefficient (Wildman–Crippen LogP) is -0.0837. The first kappa shape index (κ1) is 15.7. The minimum atomic E-state index is -3.14. The first-order valence-electron chi connectivity index (χ1n) is 7.40.